The Morgan fingerprint density at radius 3 is 2.46 bits per heavy atom. The van der Waals surface area contributed by atoms with E-state index in [4.69, 9.17) is 0 Å². The number of rotatable bonds is 4. The van der Waals surface area contributed by atoms with Crippen LogP contribution in [0.5, 0.6) is 0 Å². The number of H-pyrrole nitrogens is 1. The van der Waals surface area contributed by atoms with Crippen LogP contribution in [0.1, 0.15) is 30.4 Å². The molecule has 1 fully saturated rings. The summed E-state index contributed by atoms with van der Waals surface area (Å²) < 4.78 is 38.9. The molecular formula is C21H21F3N2OS. The fraction of sp³-hybridized carbons (Fsp3) is 0.381. The van der Waals surface area contributed by atoms with Crippen LogP contribution in [0.3, 0.4) is 0 Å². The number of anilines is 1. The van der Waals surface area contributed by atoms with Gasteiger partial charge in [0.05, 0.1) is 21.5 Å². The molecule has 7 heteroatoms. The summed E-state index contributed by atoms with van der Waals surface area (Å²) in [5.74, 6) is 0.569. The van der Waals surface area contributed by atoms with Gasteiger partial charge < -0.3 is 9.88 Å². The minimum atomic E-state index is -4.28. The smallest absolute Gasteiger partial charge is 0.370 e. The first-order chi connectivity index (χ1) is 13.4. The van der Waals surface area contributed by atoms with Crippen LogP contribution in [0, 0.1) is 5.92 Å². The monoisotopic (exact) mass is 406 g/mol. The summed E-state index contributed by atoms with van der Waals surface area (Å²) >= 11 is 1.23. The molecule has 0 atom stereocenters. The van der Waals surface area contributed by atoms with Crippen molar-refractivity contribution in [2.45, 2.75) is 31.9 Å². The zero-order chi connectivity index (χ0) is 19.7. The molecule has 1 saturated heterocycles. The molecule has 0 radical (unpaired) electrons. The van der Waals surface area contributed by atoms with E-state index in [0.29, 0.717) is 5.92 Å². The van der Waals surface area contributed by atoms with Crippen molar-refractivity contribution in [3.8, 4) is 0 Å². The number of nitrogens with zero attached hydrogens (tertiary/aromatic N) is 1. The summed E-state index contributed by atoms with van der Waals surface area (Å²) in [7, 11) is 0. The van der Waals surface area contributed by atoms with E-state index in [9.17, 15) is 18.0 Å². The number of hydrogen-bond donors (Lipinski definition) is 1. The predicted octanol–water partition coefficient (Wildman–Crippen LogP) is 5.46. The Morgan fingerprint density at radius 1 is 1.07 bits per heavy atom. The molecule has 1 N–H and O–H groups in total. The molecule has 28 heavy (non-hydrogen) atoms. The van der Waals surface area contributed by atoms with Crippen LogP contribution in [0.4, 0.5) is 18.9 Å². The maximum absolute atomic E-state index is 12.6. The van der Waals surface area contributed by atoms with E-state index in [-0.39, 0.29) is 4.87 Å². The normalized spacial score (nSPS) is 16.0. The van der Waals surface area contributed by atoms with Gasteiger partial charge in [-0.15, -0.1) is 0 Å². The van der Waals surface area contributed by atoms with Gasteiger partial charge in [-0.3, -0.25) is 4.79 Å². The Kier molecular flexibility index (Phi) is 5.19. The molecule has 1 aliphatic heterocycles. The third-order valence-corrected chi connectivity index (χ3v) is 6.36. The summed E-state index contributed by atoms with van der Waals surface area (Å²) in [5.41, 5.74) is 2.36. The lowest BCUT2D eigenvalue weighted by Crippen LogP contribution is -2.34. The van der Waals surface area contributed by atoms with E-state index in [2.05, 4.69) is 9.88 Å². The van der Waals surface area contributed by atoms with E-state index in [1.54, 1.807) is 12.1 Å². The second-order valence-corrected chi connectivity index (χ2v) is 8.34. The molecule has 4 rings (SSSR count). The van der Waals surface area contributed by atoms with Crippen LogP contribution < -0.4 is 9.77 Å². The number of hydrogen-bond acceptors (Lipinski definition) is 3. The summed E-state index contributed by atoms with van der Waals surface area (Å²) in [5, 5.41) is 0. The Hall–Kier alpha value is -2.28. The third kappa shape index (κ3) is 4.09. The van der Waals surface area contributed by atoms with Crippen molar-refractivity contribution in [1.29, 1.82) is 0 Å². The van der Waals surface area contributed by atoms with Gasteiger partial charge in [0, 0.05) is 13.1 Å². The van der Waals surface area contributed by atoms with Gasteiger partial charge in [-0.1, -0.05) is 29.5 Å². The molecule has 2 heterocycles. The first kappa shape index (κ1) is 19.1. The number of nitrogens with one attached hydrogen (secondary N) is 1. The van der Waals surface area contributed by atoms with Crippen molar-refractivity contribution in [1.82, 2.24) is 4.98 Å². The summed E-state index contributed by atoms with van der Waals surface area (Å²) in [6, 6.07) is 11.5. The maximum atomic E-state index is 12.6. The molecule has 2 aromatic carbocycles. The number of para-hydroxylation sites is 1. The molecule has 0 spiro atoms. The Labute approximate surface area is 164 Å². The highest BCUT2D eigenvalue weighted by Crippen LogP contribution is 2.32. The Morgan fingerprint density at radius 2 is 1.79 bits per heavy atom. The van der Waals surface area contributed by atoms with Crippen LogP contribution in [-0.4, -0.2) is 18.1 Å². The molecule has 0 unspecified atom stereocenters. The topological polar surface area (TPSA) is 36.1 Å². The van der Waals surface area contributed by atoms with Crippen molar-refractivity contribution >= 4 is 27.2 Å². The first-order valence-electron chi connectivity index (χ1n) is 9.43. The van der Waals surface area contributed by atoms with Crippen molar-refractivity contribution in [2.24, 2.45) is 5.92 Å². The SMILES string of the molecule is O=c1[nH]c2c(N3CCC(CCc4ccc(C(F)(F)F)cc4)CC3)cccc2s1. The van der Waals surface area contributed by atoms with Gasteiger partial charge in [0.25, 0.3) is 0 Å². The average molecular weight is 406 g/mol. The van der Waals surface area contributed by atoms with Gasteiger partial charge in [0.15, 0.2) is 0 Å². The lowest BCUT2D eigenvalue weighted by atomic mass is 9.90. The maximum Gasteiger partial charge on any atom is 0.416 e. The van der Waals surface area contributed by atoms with Gasteiger partial charge in [-0.05, 0) is 61.4 Å². The predicted molar refractivity (Wildman–Crippen MR) is 107 cm³/mol. The fourth-order valence-corrected chi connectivity index (χ4v) is 4.67. The molecule has 3 aromatic rings. The fourth-order valence-electron chi connectivity index (χ4n) is 3.91. The Balaban J connectivity index is 1.34. The number of thiazole rings is 1. The minimum Gasteiger partial charge on any atom is -0.370 e. The third-order valence-electron chi connectivity index (χ3n) is 5.51. The molecular weight excluding hydrogens is 385 g/mol. The van der Waals surface area contributed by atoms with Crippen LogP contribution in [0.2, 0.25) is 0 Å². The summed E-state index contributed by atoms with van der Waals surface area (Å²) in [6.07, 6.45) is -0.396. The van der Waals surface area contributed by atoms with Crippen LogP contribution >= 0.6 is 11.3 Å². The minimum absolute atomic E-state index is 0.0334. The van der Waals surface area contributed by atoms with Gasteiger partial charge in [-0.2, -0.15) is 13.2 Å². The zero-order valence-electron chi connectivity index (χ0n) is 15.3. The zero-order valence-corrected chi connectivity index (χ0v) is 16.1. The molecule has 0 saturated carbocycles. The van der Waals surface area contributed by atoms with Crippen LogP contribution in [0.25, 0.3) is 10.2 Å². The largest absolute Gasteiger partial charge is 0.416 e. The van der Waals surface area contributed by atoms with E-state index < -0.39 is 11.7 Å². The number of aryl methyl sites for hydroxylation is 1. The Bertz CT molecular complexity index is 999. The number of fused-ring (bicyclic) bond motifs is 1. The highest BCUT2D eigenvalue weighted by Gasteiger charge is 2.30. The lowest BCUT2D eigenvalue weighted by molar-refractivity contribution is -0.137. The van der Waals surface area contributed by atoms with E-state index >= 15 is 0 Å². The summed E-state index contributed by atoms with van der Waals surface area (Å²) in [6.45, 7) is 1.85. The molecule has 0 amide bonds. The van der Waals surface area contributed by atoms with Crippen molar-refractivity contribution in [3.05, 3.63) is 63.3 Å². The average Bonchev–Trinajstić information content (AvgIpc) is 3.06. The molecule has 0 bridgehead atoms. The van der Waals surface area contributed by atoms with Gasteiger partial charge in [-0.25, -0.2) is 0 Å². The van der Waals surface area contributed by atoms with Crippen molar-refractivity contribution < 1.29 is 13.2 Å². The highest BCUT2D eigenvalue weighted by molar-refractivity contribution is 7.16. The van der Waals surface area contributed by atoms with E-state index in [1.165, 1.54) is 23.5 Å². The number of aromatic nitrogens is 1. The lowest BCUT2D eigenvalue weighted by Gasteiger charge is -2.34. The quantitative estimate of drug-likeness (QED) is 0.625. The van der Waals surface area contributed by atoms with Crippen molar-refractivity contribution in [2.75, 3.05) is 18.0 Å². The molecule has 3 nitrogen and oxygen atoms in total. The van der Waals surface area contributed by atoms with Gasteiger partial charge in [0.2, 0.25) is 0 Å². The second kappa shape index (κ2) is 7.62. The number of alkyl halides is 3. The van der Waals surface area contributed by atoms with Gasteiger partial charge in [0.1, 0.15) is 0 Å². The van der Waals surface area contributed by atoms with Crippen LogP contribution in [0.15, 0.2) is 47.3 Å². The summed E-state index contributed by atoms with van der Waals surface area (Å²) in [4.78, 5) is 16.9. The molecule has 0 aliphatic carbocycles. The van der Waals surface area contributed by atoms with Crippen molar-refractivity contribution in [3.63, 3.8) is 0 Å². The van der Waals surface area contributed by atoms with E-state index in [0.717, 1.165) is 60.2 Å². The number of halogens is 3. The first-order valence-corrected chi connectivity index (χ1v) is 10.2. The van der Waals surface area contributed by atoms with Gasteiger partial charge >= 0.3 is 11.0 Å². The highest BCUT2D eigenvalue weighted by atomic mass is 32.1. The molecule has 1 aliphatic rings. The number of aromatic amines is 1. The molecule has 148 valence electrons. The molecule has 1 aromatic heterocycles. The number of piperidine rings is 1. The van der Waals surface area contributed by atoms with Crippen LogP contribution in [-0.2, 0) is 12.6 Å². The second-order valence-electron chi connectivity index (χ2n) is 7.33. The standard InChI is InChI=1S/C21H21F3N2OS/c22-21(23,24)16-8-6-14(7-9-16)4-5-15-10-12-26(13-11-15)17-2-1-3-18-19(17)25-20(27)28-18/h1-3,6-9,15H,4-5,10-13H2,(H,25,27). The van der Waals surface area contributed by atoms with E-state index in [1.807, 2.05) is 18.2 Å². The number of benzene rings is 2.